The lowest BCUT2D eigenvalue weighted by atomic mass is 10.1. The van der Waals surface area contributed by atoms with Gasteiger partial charge < -0.3 is 20.3 Å². The van der Waals surface area contributed by atoms with Crippen LogP contribution in [0.3, 0.4) is 0 Å². The van der Waals surface area contributed by atoms with E-state index in [9.17, 15) is 0 Å². The average molecular weight is 488 g/mol. The fraction of sp³-hybridized carbons (Fsp3) is 0.471. The van der Waals surface area contributed by atoms with Crippen molar-refractivity contribution in [3.63, 3.8) is 0 Å². The van der Waals surface area contributed by atoms with Gasteiger partial charge in [0.1, 0.15) is 5.75 Å². The van der Waals surface area contributed by atoms with Crippen molar-refractivity contribution in [3.05, 3.63) is 34.6 Å². The lowest BCUT2D eigenvalue weighted by Crippen LogP contribution is -2.51. The van der Waals surface area contributed by atoms with Gasteiger partial charge in [0.15, 0.2) is 11.1 Å². The summed E-state index contributed by atoms with van der Waals surface area (Å²) in [5.41, 5.74) is 9.14. The molecule has 1 aliphatic heterocycles. The number of rotatable bonds is 4. The molecular formula is C17H25IN6OS. The highest BCUT2D eigenvalue weighted by molar-refractivity contribution is 14.0. The van der Waals surface area contributed by atoms with Gasteiger partial charge in [-0.15, -0.1) is 35.3 Å². The molecule has 0 aliphatic carbocycles. The largest absolute Gasteiger partial charge is 0.496 e. The van der Waals surface area contributed by atoms with Crippen LogP contribution in [-0.4, -0.2) is 54.1 Å². The van der Waals surface area contributed by atoms with E-state index in [-0.39, 0.29) is 24.0 Å². The maximum atomic E-state index is 6.20. The highest BCUT2D eigenvalue weighted by Gasteiger charge is 2.20. The van der Waals surface area contributed by atoms with E-state index in [2.05, 4.69) is 24.8 Å². The molecule has 0 unspecified atom stereocenters. The molecule has 0 bridgehead atoms. The van der Waals surface area contributed by atoms with E-state index in [1.165, 1.54) is 0 Å². The summed E-state index contributed by atoms with van der Waals surface area (Å²) in [5, 5.41) is 3.07. The monoisotopic (exact) mass is 488 g/mol. The molecule has 9 heteroatoms. The third kappa shape index (κ3) is 4.56. The molecule has 0 radical (unpaired) electrons. The molecule has 0 atom stereocenters. The van der Waals surface area contributed by atoms with Gasteiger partial charge in [0.05, 0.1) is 19.3 Å². The Morgan fingerprint density at radius 3 is 2.62 bits per heavy atom. The normalized spacial score (nSPS) is 15.0. The minimum atomic E-state index is 0. The predicted molar refractivity (Wildman–Crippen MR) is 117 cm³/mol. The number of guanidine groups is 1. The summed E-state index contributed by atoms with van der Waals surface area (Å²) in [6, 6.07) is 0. The molecule has 1 saturated heterocycles. The number of halogens is 1. The fourth-order valence-corrected chi connectivity index (χ4v) is 3.68. The van der Waals surface area contributed by atoms with E-state index in [1.807, 2.05) is 31.6 Å². The van der Waals surface area contributed by atoms with Gasteiger partial charge in [-0.05, 0) is 13.8 Å². The number of hydrogen-bond acceptors (Lipinski definition) is 6. The molecule has 2 aromatic heterocycles. The number of hydrogen-bond donors (Lipinski definition) is 1. The molecule has 0 spiro atoms. The second kappa shape index (κ2) is 9.36. The van der Waals surface area contributed by atoms with Crippen LogP contribution in [0.15, 0.2) is 22.8 Å². The highest BCUT2D eigenvalue weighted by atomic mass is 127. The van der Waals surface area contributed by atoms with Crippen LogP contribution in [0.1, 0.15) is 16.8 Å². The number of methoxy groups -OCH3 is 1. The Kier molecular flexibility index (Phi) is 7.44. The van der Waals surface area contributed by atoms with Crippen LogP contribution in [0.25, 0.3) is 0 Å². The summed E-state index contributed by atoms with van der Waals surface area (Å²) in [6.45, 7) is 7.95. The third-order valence-corrected chi connectivity index (χ3v) is 5.27. The number of aromatic nitrogens is 2. The predicted octanol–water partition coefficient (Wildman–Crippen LogP) is 2.42. The molecule has 2 N–H and O–H groups in total. The minimum Gasteiger partial charge on any atom is -0.496 e. The Bertz CT molecular complexity index is 744. The summed E-state index contributed by atoms with van der Waals surface area (Å²) in [5.74, 6) is 1.44. The van der Waals surface area contributed by atoms with Crippen molar-refractivity contribution in [2.45, 2.75) is 20.4 Å². The van der Waals surface area contributed by atoms with Gasteiger partial charge in [-0.25, -0.2) is 9.98 Å². The first-order valence-corrected chi connectivity index (χ1v) is 9.16. The summed E-state index contributed by atoms with van der Waals surface area (Å²) >= 11 is 1.67. The van der Waals surface area contributed by atoms with Crippen molar-refractivity contribution >= 4 is 46.4 Å². The highest BCUT2D eigenvalue weighted by Crippen LogP contribution is 2.24. The van der Waals surface area contributed by atoms with E-state index in [0.29, 0.717) is 12.5 Å². The minimum absolute atomic E-state index is 0. The van der Waals surface area contributed by atoms with E-state index >= 15 is 0 Å². The SMILES string of the molecule is COc1c(C)cnc(CN=C(N)N2CCN(c3nccs3)CC2)c1C.I. The van der Waals surface area contributed by atoms with Crippen LogP contribution < -0.4 is 15.4 Å². The van der Waals surface area contributed by atoms with Crippen LogP contribution in [0.2, 0.25) is 0 Å². The van der Waals surface area contributed by atoms with Crippen LogP contribution >= 0.6 is 35.3 Å². The number of piperazine rings is 1. The topological polar surface area (TPSA) is 79.9 Å². The lowest BCUT2D eigenvalue weighted by Gasteiger charge is -2.35. The van der Waals surface area contributed by atoms with E-state index < -0.39 is 0 Å². The van der Waals surface area contributed by atoms with Gasteiger partial charge in [-0.3, -0.25) is 4.98 Å². The quantitative estimate of drug-likeness (QED) is 0.405. The first kappa shape index (κ1) is 20.7. The second-order valence-electron chi connectivity index (χ2n) is 6.01. The van der Waals surface area contributed by atoms with Crippen molar-refractivity contribution in [2.24, 2.45) is 10.7 Å². The van der Waals surface area contributed by atoms with Crippen molar-refractivity contribution in [1.29, 1.82) is 0 Å². The molecule has 142 valence electrons. The van der Waals surface area contributed by atoms with Crippen molar-refractivity contribution in [3.8, 4) is 5.75 Å². The van der Waals surface area contributed by atoms with Gasteiger partial charge in [0, 0.05) is 55.1 Å². The number of ether oxygens (including phenoxy) is 1. The van der Waals surface area contributed by atoms with Gasteiger partial charge in [0.25, 0.3) is 0 Å². The zero-order valence-corrected chi connectivity index (χ0v) is 18.5. The number of thiazole rings is 1. The molecule has 0 amide bonds. The Labute approximate surface area is 175 Å². The van der Waals surface area contributed by atoms with Crippen LogP contribution in [0.5, 0.6) is 5.75 Å². The Morgan fingerprint density at radius 2 is 2.00 bits per heavy atom. The van der Waals surface area contributed by atoms with E-state index in [1.54, 1.807) is 18.4 Å². The van der Waals surface area contributed by atoms with Crippen LogP contribution in [0.4, 0.5) is 5.13 Å². The van der Waals surface area contributed by atoms with Gasteiger partial charge in [-0.2, -0.15) is 0 Å². The molecule has 0 saturated carbocycles. The Balaban J connectivity index is 0.00000243. The number of nitrogens with zero attached hydrogens (tertiary/aromatic N) is 5. The fourth-order valence-electron chi connectivity index (χ4n) is 2.99. The first-order chi connectivity index (χ1) is 12.1. The first-order valence-electron chi connectivity index (χ1n) is 8.28. The number of aliphatic imine (C=N–C) groups is 1. The van der Waals surface area contributed by atoms with Crippen LogP contribution in [0, 0.1) is 13.8 Å². The van der Waals surface area contributed by atoms with Crippen molar-refractivity contribution < 1.29 is 4.74 Å². The molecule has 1 fully saturated rings. The number of aryl methyl sites for hydroxylation is 1. The van der Waals surface area contributed by atoms with E-state index in [4.69, 9.17) is 10.5 Å². The molecule has 3 rings (SSSR count). The number of nitrogens with two attached hydrogens (primary N) is 1. The maximum Gasteiger partial charge on any atom is 0.191 e. The van der Waals surface area contributed by atoms with E-state index in [0.717, 1.165) is 53.9 Å². The van der Waals surface area contributed by atoms with Crippen molar-refractivity contribution in [1.82, 2.24) is 14.9 Å². The van der Waals surface area contributed by atoms with Gasteiger partial charge in [0.2, 0.25) is 0 Å². The third-order valence-electron chi connectivity index (χ3n) is 4.43. The molecule has 7 nitrogen and oxygen atoms in total. The second-order valence-corrected chi connectivity index (χ2v) is 6.88. The summed E-state index contributed by atoms with van der Waals surface area (Å²) < 4.78 is 5.45. The summed E-state index contributed by atoms with van der Waals surface area (Å²) in [6.07, 6.45) is 3.66. The number of pyridine rings is 1. The van der Waals surface area contributed by atoms with Gasteiger partial charge >= 0.3 is 0 Å². The standard InChI is InChI=1S/C17H24N6OS.HI/c1-12-10-20-14(13(2)15(12)24-3)11-21-16(18)22-5-7-23(8-6-22)17-19-4-9-25-17;/h4,9-10H,5-8,11H2,1-3H3,(H2,18,21);1H. The zero-order chi connectivity index (χ0) is 17.8. The molecular weight excluding hydrogens is 463 g/mol. The maximum absolute atomic E-state index is 6.20. The zero-order valence-electron chi connectivity index (χ0n) is 15.3. The molecule has 26 heavy (non-hydrogen) atoms. The van der Waals surface area contributed by atoms with Gasteiger partial charge in [-0.1, -0.05) is 0 Å². The number of anilines is 1. The summed E-state index contributed by atoms with van der Waals surface area (Å²) in [4.78, 5) is 17.8. The smallest absolute Gasteiger partial charge is 0.191 e. The summed E-state index contributed by atoms with van der Waals surface area (Å²) in [7, 11) is 1.68. The molecule has 1 aliphatic rings. The average Bonchev–Trinajstić information content (AvgIpc) is 3.16. The van der Waals surface area contributed by atoms with Crippen LogP contribution in [-0.2, 0) is 6.54 Å². The Morgan fingerprint density at radius 1 is 1.27 bits per heavy atom. The molecule has 0 aromatic carbocycles. The lowest BCUT2D eigenvalue weighted by molar-refractivity contribution is 0.380. The van der Waals surface area contributed by atoms with Crippen molar-refractivity contribution in [2.75, 3.05) is 38.2 Å². The Hall–Kier alpha value is -1.62. The molecule has 3 heterocycles. The molecule has 2 aromatic rings.